The predicted molar refractivity (Wildman–Crippen MR) is 68.7 cm³/mol. The lowest BCUT2D eigenvalue weighted by Gasteiger charge is -2.28. The topological polar surface area (TPSA) is 49.8 Å². The average Bonchev–Trinajstić information content (AvgIpc) is 2.60. The maximum atomic E-state index is 11.2. The molecule has 2 rings (SSSR count). The van der Waals surface area contributed by atoms with Gasteiger partial charge in [-0.25, -0.2) is 0 Å². The normalized spacial score (nSPS) is 34.6. The van der Waals surface area contributed by atoms with E-state index in [-0.39, 0.29) is 18.8 Å². The third-order valence-corrected chi connectivity index (χ3v) is 3.72. The van der Waals surface area contributed by atoms with Gasteiger partial charge in [-0.3, -0.25) is 4.79 Å². The summed E-state index contributed by atoms with van der Waals surface area (Å²) in [6.07, 6.45) is 7.83. The second kappa shape index (κ2) is 4.86. The molecule has 0 spiro atoms. The molecule has 1 N–H and O–H groups in total. The molecule has 0 bridgehead atoms. The minimum Gasteiger partial charge on any atom is -0.394 e. The van der Waals surface area contributed by atoms with Crippen LogP contribution in [-0.2, 0) is 9.53 Å². The first-order valence-electron chi connectivity index (χ1n) is 6.40. The molecule has 0 radical (unpaired) electrons. The molecule has 1 aliphatic carbocycles. The summed E-state index contributed by atoms with van der Waals surface area (Å²) in [7, 11) is 0. The lowest BCUT2D eigenvalue weighted by molar-refractivity contribution is -0.133. The summed E-state index contributed by atoms with van der Waals surface area (Å²) in [5, 5.41) is 9.52. The Morgan fingerprint density at radius 3 is 2.83 bits per heavy atom. The number of allylic oxidation sites excluding steroid dienone is 2. The molecular weight excluding hydrogens is 230 g/mol. The number of aliphatic hydroxyl groups excluding tert-OH is 1. The highest BCUT2D eigenvalue weighted by Gasteiger charge is 2.47. The van der Waals surface area contributed by atoms with Gasteiger partial charge in [0.15, 0.2) is 0 Å². The van der Waals surface area contributed by atoms with Gasteiger partial charge < -0.3 is 14.7 Å². The predicted octanol–water partition coefficient (Wildman–Crippen LogP) is 1.46. The van der Waals surface area contributed by atoms with E-state index >= 15 is 0 Å². The maximum Gasteiger partial charge on any atom is 0.212 e. The summed E-state index contributed by atoms with van der Waals surface area (Å²) in [6.45, 7) is 5.76. The monoisotopic (exact) mass is 251 g/mol. The van der Waals surface area contributed by atoms with E-state index in [1.54, 1.807) is 4.90 Å². The van der Waals surface area contributed by atoms with Gasteiger partial charge in [-0.1, -0.05) is 25.2 Å². The molecule has 3 atom stereocenters. The Bertz CT molecular complexity index is 387. The molecule has 18 heavy (non-hydrogen) atoms. The molecule has 1 heterocycles. The summed E-state index contributed by atoms with van der Waals surface area (Å²) in [4.78, 5) is 12.7. The Labute approximate surface area is 108 Å². The highest BCUT2D eigenvalue weighted by molar-refractivity contribution is 5.51. The van der Waals surface area contributed by atoms with E-state index in [9.17, 15) is 9.90 Å². The molecule has 1 amide bonds. The Morgan fingerprint density at radius 1 is 1.61 bits per heavy atom. The molecule has 0 aromatic rings. The van der Waals surface area contributed by atoms with Crippen LogP contribution in [0.1, 0.15) is 27.2 Å². The molecule has 1 fully saturated rings. The first-order valence-corrected chi connectivity index (χ1v) is 6.40. The number of nitrogens with zero attached hydrogens (tertiary/aromatic N) is 1. The standard InChI is InChI=1S/C14H21NO3/c1-10-4-6-11(7-5-10)13-12(8-16)15(9-17)14(2,3)18-13/h4,6-7,9-10,12-13,16H,5,8H2,1-3H3. The maximum absolute atomic E-state index is 11.2. The Kier molecular flexibility index (Phi) is 3.59. The van der Waals surface area contributed by atoms with Crippen molar-refractivity contribution in [1.82, 2.24) is 4.90 Å². The largest absolute Gasteiger partial charge is 0.394 e. The number of amides is 1. The molecule has 0 aromatic heterocycles. The third kappa shape index (κ3) is 2.22. The summed E-state index contributed by atoms with van der Waals surface area (Å²) in [5.41, 5.74) is 0.391. The van der Waals surface area contributed by atoms with E-state index < -0.39 is 5.72 Å². The Morgan fingerprint density at radius 2 is 2.33 bits per heavy atom. The summed E-state index contributed by atoms with van der Waals surface area (Å²) < 4.78 is 5.95. The van der Waals surface area contributed by atoms with Gasteiger partial charge in [0.2, 0.25) is 6.41 Å². The fraction of sp³-hybridized carbons (Fsp3) is 0.643. The average molecular weight is 251 g/mol. The zero-order chi connectivity index (χ0) is 13.3. The number of hydrogen-bond donors (Lipinski definition) is 1. The number of hydrogen-bond acceptors (Lipinski definition) is 3. The molecule has 1 aliphatic heterocycles. The molecular formula is C14H21NO3. The van der Waals surface area contributed by atoms with Crippen molar-refractivity contribution in [3.05, 3.63) is 23.8 Å². The quantitative estimate of drug-likeness (QED) is 0.773. The zero-order valence-electron chi connectivity index (χ0n) is 11.2. The van der Waals surface area contributed by atoms with E-state index in [4.69, 9.17) is 4.74 Å². The van der Waals surface area contributed by atoms with Gasteiger partial charge >= 0.3 is 0 Å². The SMILES string of the molecule is CC1C=CC(C2OC(C)(C)N(C=O)C2CO)=CC1. The van der Waals surface area contributed by atoms with Crippen LogP contribution in [0.3, 0.4) is 0 Å². The van der Waals surface area contributed by atoms with Gasteiger partial charge in [0.1, 0.15) is 11.8 Å². The summed E-state index contributed by atoms with van der Waals surface area (Å²) >= 11 is 0. The highest BCUT2D eigenvalue weighted by atomic mass is 16.5. The minimum atomic E-state index is -0.669. The van der Waals surface area contributed by atoms with Crippen molar-refractivity contribution in [2.75, 3.05) is 6.61 Å². The van der Waals surface area contributed by atoms with E-state index in [1.165, 1.54) is 0 Å². The number of carbonyl (C=O) groups excluding carboxylic acids is 1. The number of aliphatic hydroxyl groups is 1. The molecule has 4 nitrogen and oxygen atoms in total. The van der Waals surface area contributed by atoms with E-state index in [1.807, 2.05) is 19.9 Å². The van der Waals surface area contributed by atoms with E-state index in [0.29, 0.717) is 5.92 Å². The third-order valence-electron chi connectivity index (χ3n) is 3.72. The van der Waals surface area contributed by atoms with Crippen LogP contribution < -0.4 is 0 Å². The van der Waals surface area contributed by atoms with Crippen molar-refractivity contribution in [2.24, 2.45) is 5.92 Å². The van der Waals surface area contributed by atoms with Crippen LogP contribution in [0.25, 0.3) is 0 Å². The van der Waals surface area contributed by atoms with Crippen molar-refractivity contribution in [2.45, 2.75) is 45.1 Å². The fourth-order valence-electron chi connectivity index (χ4n) is 2.63. The summed E-state index contributed by atoms with van der Waals surface area (Å²) in [5.74, 6) is 0.540. The van der Waals surface area contributed by atoms with Gasteiger partial charge in [0.05, 0.1) is 12.6 Å². The zero-order valence-corrected chi connectivity index (χ0v) is 11.2. The van der Waals surface area contributed by atoms with Gasteiger partial charge in [-0.15, -0.1) is 0 Å². The van der Waals surface area contributed by atoms with Crippen molar-refractivity contribution < 1.29 is 14.6 Å². The van der Waals surface area contributed by atoms with Gasteiger partial charge in [-0.2, -0.15) is 0 Å². The minimum absolute atomic E-state index is 0.0897. The van der Waals surface area contributed by atoms with Crippen LogP contribution in [0.4, 0.5) is 0 Å². The second-order valence-corrected chi connectivity index (χ2v) is 5.52. The van der Waals surface area contributed by atoms with Crippen LogP contribution in [0, 0.1) is 5.92 Å². The number of carbonyl (C=O) groups is 1. The lowest BCUT2D eigenvalue weighted by Crippen LogP contribution is -2.45. The first kappa shape index (κ1) is 13.3. The molecule has 100 valence electrons. The molecule has 0 aromatic carbocycles. The Hall–Kier alpha value is -1.13. The van der Waals surface area contributed by atoms with Crippen molar-refractivity contribution in [3.63, 3.8) is 0 Å². The van der Waals surface area contributed by atoms with Crippen molar-refractivity contribution in [3.8, 4) is 0 Å². The highest BCUT2D eigenvalue weighted by Crippen LogP contribution is 2.35. The van der Waals surface area contributed by atoms with Crippen molar-refractivity contribution in [1.29, 1.82) is 0 Å². The Balaban J connectivity index is 2.24. The molecule has 3 unspecified atom stereocenters. The number of rotatable bonds is 3. The summed E-state index contributed by atoms with van der Waals surface area (Å²) in [6, 6.07) is -0.304. The lowest BCUT2D eigenvalue weighted by atomic mass is 9.93. The second-order valence-electron chi connectivity index (χ2n) is 5.52. The fourth-order valence-corrected chi connectivity index (χ4v) is 2.63. The van der Waals surface area contributed by atoms with Crippen LogP contribution in [0.5, 0.6) is 0 Å². The van der Waals surface area contributed by atoms with Crippen LogP contribution in [0.2, 0.25) is 0 Å². The van der Waals surface area contributed by atoms with E-state index in [0.717, 1.165) is 18.4 Å². The van der Waals surface area contributed by atoms with Gasteiger partial charge in [0, 0.05) is 0 Å². The molecule has 4 heteroatoms. The van der Waals surface area contributed by atoms with E-state index in [2.05, 4.69) is 19.1 Å². The first-order chi connectivity index (χ1) is 8.49. The van der Waals surface area contributed by atoms with Crippen LogP contribution in [-0.4, -0.2) is 40.9 Å². The molecule has 2 aliphatic rings. The molecule has 1 saturated heterocycles. The van der Waals surface area contributed by atoms with Crippen molar-refractivity contribution >= 4 is 6.41 Å². The number of ether oxygens (including phenoxy) is 1. The smallest absolute Gasteiger partial charge is 0.212 e. The van der Waals surface area contributed by atoms with Gasteiger partial charge in [0.25, 0.3) is 0 Å². The van der Waals surface area contributed by atoms with Crippen LogP contribution >= 0.6 is 0 Å². The van der Waals surface area contributed by atoms with Gasteiger partial charge in [-0.05, 0) is 31.8 Å². The molecule has 0 saturated carbocycles. The van der Waals surface area contributed by atoms with Crippen LogP contribution in [0.15, 0.2) is 23.8 Å².